The lowest BCUT2D eigenvalue weighted by molar-refractivity contribution is -0.140. The highest BCUT2D eigenvalue weighted by Gasteiger charge is 2.09. The summed E-state index contributed by atoms with van der Waals surface area (Å²) in [5.41, 5.74) is 1.76. The van der Waals surface area contributed by atoms with Crippen molar-refractivity contribution >= 4 is 22.4 Å². The minimum absolute atomic E-state index is 0.237. The molecule has 0 atom stereocenters. The second kappa shape index (κ2) is 7.17. The SMILES string of the molecule is COC(=O)CCc1csc(N(C)Cc2cccc(F)c2)n1. The number of anilines is 1. The number of hydrogen-bond acceptors (Lipinski definition) is 5. The van der Waals surface area contributed by atoms with Gasteiger partial charge in [-0.1, -0.05) is 12.1 Å². The Morgan fingerprint density at radius 1 is 1.48 bits per heavy atom. The van der Waals surface area contributed by atoms with Crippen LogP contribution in [-0.4, -0.2) is 25.1 Å². The molecule has 1 aromatic carbocycles. The molecule has 0 N–H and O–H groups in total. The van der Waals surface area contributed by atoms with E-state index >= 15 is 0 Å². The first-order valence-electron chi connectivity index (χ1n) is 6.55. The Hall–Kier alpha value is -1.95. The third kappa shape index (κ3) is 4.53. The molecule has 21 heavy (non-hydrogen) atoms. The number of rotatable bonds is 6. The van der Waals surface area contributed by atoms with Crippen molar-refractivity contribution in [1.29, 1.82) is 0 Å². The van der Waals surface area contributed by atoms with E-state index in [1.54, 1.807) is 6.07 Å². The summed E-state index contributed by atoms with van der Waals surface area (Å²) < 4.78 is 17.8. The molecule has 0 unspecified atom stereocenters. The van der Waals surface area contributed by atoms with E-state index in [0.717, 1.165) is 16.4 Å². The van der Waals surface area contributed by atoms with Crippen molar-refractivity contribution in [2.24, 2.45) is 0 Å². The number of esters is 1. The molecule has 0 aliphatic rings. The lowest BCUT2D eigenvalue weighted by Crippen LogP contribution is -2.16. The summed E-state index contributed by atoms with van der Waals surface area (Å²) >= 11 is 1.51. The molecule has 0 amide bonds. The van der Waals surface area contributed by atoms with E-state index in [1.165, 1.54) is 30.6 Å². The van der Waals surface area contributed by atoms with Crippen LogP contribution in [0.3, 0.4) is 0 Å². The van der Waals surface area contributed by atoms with Gasteiger partial charge in [0.25, 0.3) is 0 Å². The Labute approximate surface area is 127 Å². The van der Waals surface area contributed by atoms with Gasteiger partial charge in [-0.3, -0.25) is 4.79 Å². The van der Waals surface area contributed by atoms with E-state index in [9.17, 15) is 9.18 Å². The van der Waals surface area contributed by atoms with Gasteiger partial charge in [0.15, 0.2) is 5.13 Å². The van der Waals surface area contributed by atoms with Gasteiger partial charge in [0, 0.05) is 25.4 Å². The number of benzene rings is 1. The molecule has 1 aromatic heterocycles. The minimum atomic E-state index is -0.238. The van der Waals surface area contributed by atoms with Crippen molar-refractivity contribution in [1.82, 2.24) is 4.98 Å². The summed E-state index contributed by atoms with van der Waals surface area (Å²) in [7, 11) is 3.29. The molecule has 0 saturated heterocycles. The Kier molecular flexibility index (Phi) is 5.27. The van der Waals surface area contributed by atoms with Crippen LogP contribution in [-0.2, 0) is 22.5 Å². The first-order valence-corrected chi connectivity index (χ1v) is 7.43. The van der Waals surface area contributed by atoms with Crippen molar-refractivity contribution < 1.29 is 13.9 Å². The van der Waals surface area contributed by atoms with Crippen molar-refractivity contribution in [3.8, 4) is 0 Å². The molecule has 2 aromatic rings. The monoisotopic (exact) mass is 308 g/mol. The van der Waals surface area contributed by atoms with E-state index in [0.29, 0.717) is 19.4 Å². The van der Waals surface area contributed by atoms with Crippen LogP contribution in [0.5, 0.6) is 0 Å². The second-order valence-electron chi connectivity index (χ2n) is 4.68. The summed E-state index contributed by atoms with van der Waals surface area (Å²) in [6.07, 6.45) is 0.893. The van der Waals surface area contributed by atoms with Crippen LogP contribution in [0.25, 0.3) is 0 Å². The van der Waals surface area contributed by atoms with Crippen molar-refractivity contribution in [2.45, 2.75) is 19.4 Å². The van der Waals surface area contributed by atoms with Crippen LogP contribution in [0.15, 0.2) is 29.6 Å². The van der Waals surface area contributed by atoms with Crippen molar-refractivity contribution in [3.63, 3.8) is 0 Å². The number of methoxy groups -OCH3 is 1. The molecular weight excluding hydrogens is 291 g/mol. The van der Waals surface area contributed by atoms with Gasteiger partial charge < -0.3 is 9.64 Å². The highest BCUT2D eigenvalue weighted by Crippen LogP contribution is 2.22. The van der Waals surface area contributed by atoms with E-state index in [4.69, 9.17) is 0 Å². The van der Waals surface area contributed by atoms with Gasteiger partial charge in [-0.05, 0) is 17.7 Å². The molecule has 6 heteroatoms. The maximum Gasteiger partial charge on any atom is 0.305 e. The zero-order chi connectivity index (χ0) is 15.2. The molecule has 112 valence electrons. The van der Waals surface area contributed by atoms with Gasteiger partial charge in [0.05, 0.1) is 19.2 Å². The molecule has 0 radical (unpaired) electrons. The largest absolute Gasteiger partial charge is 0.469 e. The molecule has 0 aliphatic heterocycles. The summed E-state index contributed by atoms with van der Waals surface area (Å²) in [5.74, 6) is -0.475. The number of aromatic nitrogens is 1. The number of nitrogens with zero attached hydrogens (tertiary/aromatic N) is 2. The average Bonchev–Trinajstić information content (AvgIpc) is 2.93. The predicted octanol–water partition coefficient (Wildman–Crippen LogP) is 3.02. The molecule has 0 saturated carbocycles. The van der Waals surface area contributed by atoms with E-state index in [1.807, 2.05) is 23.4 Å². The highest BCUT2D eigenvalue weighted by molar-refractivity contribution is 7.13. The summed E-state index contributed by atoms with van der Waals surface area (Å²) in [6, 6.07) is 6.52. The van der Waals surface area contributed by atoms with Gasteiger partial charge in [0.2, 0.25) is 0 Å². The van der Waals surface area contributed by atoms with E-state index in [-0.39, 0.29) is 11.8 Å². The normalized spacial score (nSPS) is 10.4. The minimum Gasteiger partial charge on any atom is -0.469 e. The fourth-order valence-electron chi connectivity index (χ4n) is 1.90. The smallest absolute Gasteiger partial charge is 0.305 e. The topological polar surface area (TPSA) is 42.4 Å². The van der Waals surface area contributed by atoms with Crippen LogP contribution < -0.4 is 4.90 Å². The lowest BCUT2D eigenvalue weighted by atomic mass is 10.2. The Morgan fingerprint density at radius 2 is 2.29 bits per heavy atom. The second-order valence-corrected chi connectivity index (χ2v) is 5.52. The van der Waals surface area contributed by atoms with Gasteiger partial charge in [-0.15, -0.1) is 11.3 Å². The molecule has 0 fully saturated rings. The number of ether oxygens (including phenoxy) is 1. The highest BCUT2D eigenvalue weighted by atomic mass is 32.1. The summed E-state index contributed by atoms with van der Waals surface area (Å²) in [5, 5.41) is 2.78. The summed E-state index contributed by atoms with van der Waals surface area (Å²) in [6.45, 7) is 0.585. The number of thiazole rings is 1. The molecule has 1 heterocycles. The van der Waals surface area contributed by atoms with Gasteiger partial charge >= 0.3 is 5.97 Å². The first-order chi connectivity index (χ1) is 10.1. The van der Waals surface area contributed by atoms with Crippen molar-refractivity contribution in [2.75, 3.05) is 19.1 Å². The third-order valence-electron chi connectivity index (χ3n) is 2.99. The van der Waals surface area contributed by atoms with E-state index < -0.39 is 0 Å². The Bertz CT molecular complexity index is 615. The van der Waals surface area contributed by atoms with Gasteiger partial charge in [-0.25, -0.2) is 9.37 Å². The Morgan fingerprint density at radius 3 is 3.00 bits per heavy atom. The Balaban J connectivity index is 1.95. The number of carbonyl (C=O) groups excluding carboxylic acids is 1. The molecule has 0 bridgehead atoms. The molecular formula is C15H17FN2O2S. The summed E-state index contributed by atoms with van der Waals surface area (Å²) in [4.78, 5) is 17.5. The van der Waals surface area contributed by atoms with Crippen LogP contribution >= 0.6 is 11.3 Å². The molecule has 0 spiro atoms. The fourth-order valence-corrected chi connectivity index (χ4v) is 2.72. The first kappa shape index (κ1) is 15.4. The van der Waals surface area contributed by atoms with Gasteiger partial charge in [0.1, 0.15) is 5.82 Å². The number of hydrogen-bond donors (Lipinski definition) is 0. The predicted molar refractivity (Wildman–Crippen MR) is 81.0 cm³/mol. The zero-order valence-electron chi connectivity index (χ0n) is 12.0. The van der Waals surface area contributed by atoms with Crippen LogP contribution in [0.1, 0.15) is 17.7 Å². The van der Waals surface area contributed by atoms with Crippen LogP contribution in [0.2, 0.25) is 0 Å². The number of carbonyl (C=O) groups is 1. The maximum atomic E-state index is 13.2. The number of halogens is 1. The average molecular weight is 308 g/mol. The fraction of sp³-hybridized carbons (Fsp3) is 0.333. The quantitative estimate of drug-likeness (QED) is 0.769. The zero-order valence-corrected chi connectivity index (χ0v) is 12.8. The van der Waals surface area contributed by atoms with Crippen LogP contribution in [0, 0.1) is 5.82 Å². The maximum absolute atomic E-state index is 13.2. The van der Waals surface area contributed by atoms with Crippen molar-refractivity contribution in [3.05, 3.63) is 46.7 Å². The molecule has 4 nitrogen and oxygen atoms in total. The van der Waals surface area contributed by atoms with E-state index in [2.05, 4.69) is 9.72 Å². The van der Waals surface area contributed by atoms with Crippen LogP contribution in [0.4, 0.5) is 9.52 Å². The number of aryl methyl sites for hydroxylation is 1. The van der Waals surface area contributed by atoms with Gasteiger partial charge in [-0.2, -0.15) is 0 Å². The molecule has 0 aliphatic carbocycles. The third-order valence-corrected chi connectivity index (χ3v) is 3.99. The standard InChI is InChI=1S/C15H17FN2O2S/c1-18(9-11-4-3-5-12(16)8-11)15-17-13(10-21-15)6-7-14(19)20-2/h3-5,8,10H,6-7,9H2,1-2H3. The lowest BCUT2D eigenvalue weighted by Gasteiger charge is -2.15. The molecule has 2 rings (SSSR count).